The summed E-state index contributed by atoms with van der Waals surface area (Å²) in [5.74, 6) is 0.309. The molecule has 2 aromatic rings. The number of rotatable bonds is 5. The fourth-order valence-electron chi connectivity index (χ4n) is 3.08. The number of nitrogens with one attached hydrogen (secondary N) is 1. The minimum atomic E-state index is -0.970. The summed E-state index contributed by atoms with van der Waals surface area (Å²) in [6, 6.07) is 10.5. The molecule has 0 bridgehead atoms. The highest BCUT2D eigenvalue weighted by atomic mass is 16.4. The van der Waals surface area contributed by atoms with Gasteiger partial charge in [-0.25, -0.2) is 4.79 Å². The second kappa shape index (κ2) is 6.98. The highest BCUT2D eigenvalue weighted by molar-refractivity contribution is 5.95. The van der Waals surface area contributed by atoms with Gasteiger partial charge >= 0.3 is 5.97 Å². The van der Waals surface area contributed by atoms with Crippen molar-refractivity contribution in [3.63, 3.8) is 0 Å². The first kappa shape index (κ1) is 15.8. The minimum Gasteiger partial charge on any atom is -0.478 e. The predicted octanol–water partition coefficient (Wildman–Crippen LogP) is 3.04. The van der Waals surface area contributed by atoms with Crippen molar-refractivity contribution in [2.45, 2.75) is 44.4 Å². The number of carbonyl (C=O) groups is 1. The fraction of sp³-hybridized carbons (Fsp3) is 0.389. The molecule has 3 N–H and O–H groups in total. The molecule has 0 amide bonds. The van der Waals surface area contributed by atoms with Crippen LogP contribution in [-0.2, 0) is 6.54 Å². The van der Waals surface area contributed by atoms with Gasteiger partial charge in [0.2, 0.25) is 0 Å². The molecule has 0 radical (unpaired) electrons. The van der Waals surface area contributed by atoms with Crippen LogP contribution < -0.4 is 5.32 Å². The molecule has 122 valence electrons. The van der Waals surface area contributed by atoms with Crippen molar-refractivity contribution in [1.29, 1.82) is 0 Å². The van der Waals surface area contributed by atoms with Crippen LogP contribution in [0.2, 0.25) is 0 Å². The van der Waals surface area contributed by atoms with Gasteiger partial charge in [-0.1, -0.05) is 31.0 Å². The summed E-state index contributed by atoms with van der Waals surface area (Å²) in [4.78, 5) is 11.3. The zero-order valence-corrected chi connectivity index (χ0v) is 12.9. The van der Waals surface area contributed by atoms with E-state index in [-0.39, 0.29) is 17.7 Å². The highest BCUT2D eigenvalue weighted by Gasteiger charge is 2.22. The molecule has 1 fully saturated rings. The molecule has 1 aliphatic carbocycles. The molecule has 0 saturated heterocycles. The summed E-state index contributed by atoms with van der Waals surface area (Å²) >= 11 is 0. The number of hydrogen-bond donors (Lipinski definition) is 3. The Bertz CT molecular complexity index is 679. The normalized spacial score (nSPS) is 21.3. The molecule has 2 atom stereocenters. The Hall–Kier alpha value is -2.11. The predicted molar refractivity (Wildman–Crippen MR) is 86.2 cm³/mol. The maximum Gasteiger partial charge on any atom is 0.336 e. The number of carboxylic acid groups (broad SMARTS) is 1. The number of aliphatic hydroxyl groups excluding tert-OH is 1. The zero-order chi connectivity index (χ0) is 16.2. The molecule has 5 nitrogen and oxygen atoms in total. The first-order valence-corrected chi connectivity index (χ1v) is 7.98. The van der Waals surface area contributed by atoms with Gasteiger partial charge in [0, 0.05) is 11.6 Å². The molecule has 23 heavy (non-hydrogen) atoms. The van der Waals surface area contributed by atoms with Gasteiger partial charge in [-0.15, -0.1) is 0 Å². The van der Waals surface area contributed by atoms with Crippen molar-refractivity contribution < 1.29 is 19.4 Å². The molecule has 0 aliphatic heterocycles. The second-order valence-electron chi connectivity index (χ2n) is 5.96. The lowest BCUT2D eigenvalue weighted by Crippen LogP contribution is -2.41. The van der Waals surface area contributed by atoms with Gasteiger partial charge in [0.05, 0.1) is 18.2 Å². The number of aromatic carboxylic acids is 1. The van der Waals surface area contributed by atoms with E-state index in [0.29, 0.717) is 17.9 Å². The summed E-state index contributed by atoms with van der Waals surface area (Å²) < 4.78 is 5.78. The number of benzene rings is 1. The van der Waals surface area contributed by atoms with E-state index in [0.717, 1.165) is 31.4 Å². The van der Waals surface area contributed by atoms with Crippen LogP contribution in [0, 0.1) is 0 Å². The first-order valence-electron chi connectivity index (χ1n) is 7.98. The van der Waals surface area contributed by atoms with E-state index in [1.54, 1.807) is 30.3 Å². The lowest BCUT2D eigenvalue weighted by Gasteiger charge is -2.28. The van der Waals surface area contributed by atoms with Gasteiger partial charge in [-0.05, 0) is 31.0 Å². The van der Waals surface area contributed by atoms with Gasteiger partial charge in [-0.3, -0.25) is 0 Å². The van der Waals surface area contributed by atoms with E-state index < -0.39 is 5.97 Å². The van der Waals surface area contributed by atoms with Crippen LogP contribution in [0.3, 0.4) is 0 Å². The maximum atomic E-state index is 11.3. The SMILES string of the molecule is O=C(O)c1ccccc1-c1ccc(CN[C@H]2CCCC[C@@H]2O)o1. The molecule has 1 heterocycles. The summed E-state index contributed by atoms with van der Waals surface area (Å²) in [7, 11) is 0. The van der Waals surface area contributed by atoms with Crippen LogP contribution in [0.15, 0.2) is 40.8 Å². The van der Waals surface area contributed by atoms with E-state index in [2.05, 4.69) is 5.32 Å². The Morgan fingerprint density at radius 3 is 2.74 bits per heavy atom. The zero-order valence-electron chi connectivity index (χ0n) is 12.9. The van der Waals surface area contributed by atoms with Crippen molar-refractivity contribution in [3.8, 4) is 11.3 Å². The van der Waals surface area contributed by atoms with Gasteiger partial charge in [0.15, 0.2) is 0 Å². The molecule has 1 aliphatic rings. The summed E-state index contributed by atoms with van der Waals surface area (Å²) in [6.45, 7) is 0.525. The quantitative estimate of drug-likeness (QED) is 0.790. The molecule has 1 saturated carbocycles. The Morgan fingerprint density at radius 1 is 1.17 bits per heavy atom. The summed E-state index contributed by atoms with van der Waals surface area (Å²) in [5, 5.41) is 22.6. The largest absolute Gasteiger partial charge is 0.478 e. The van der Waals surface area contributed by atoms with Crippen molar-refractivity contribution in [1.82, 2.24) is 5.32 Å². The molecular weight excluding hydrogens is 294 g/mol. The lowest BCUT2D eigenvalue weighted by atomic mass is 9.92. The van der Waals surface area contributed by atoms with Crippen LogP contribution in [0.1, 0.15) is 41.8 Å². The number of furan rings is 1. The van der Waals surface area contributed by atoms with Crippen molar-refractivity contribution >= 4 is 5.97 Å². The van der Waals surface area contributed by atoms with E-state index in [1.165, 1.54) is 0 Å². The average Bonchev–Trinajstić information content (AvgIpc) is 3.03. The third-order valence-corrected chi connectivity index (χ3v) is 4.35. The highest BCUT2D eigenvalue weighted by Crippen LogP contribution is 2.26. The summed E-state index contributed by atoms with van der Waals surface area (Å²) in [5.41, 5.74) is 0.799. The first-order chi connectivity index (χ1) is 11.1. The second-order valence-corrected chi connectivity index (χ2v) is 5.96. The van der Waals surface area contributed by atoms with Crippen LogP contribution in [0.5, 0.6) is 0 Å². The molecule has 1 aromatic heterocycles. The van der Waals surface area contributed by atoms with Crippen molar-refractivity contribution in [3.05, 3.63) is 47.7 Å². The fourth-order valence-corrected chi connectivity index (χ4v) is 3.08. The van der Waals surface area contributed by atoms with E-state index >= 15 is 0 Å². The van der Waals surface area contributed by atoms with Gasteiger partial charge in [0.25, 0.3) is 0 Å². The van der Waals surface area contributed by atoms with Gasteiger partial charge < -0.3 is 19.9 Å². The molecule has 3 rings (SSSR count). The van der Waals surface area contributed by atoms with Crippen LogP contribution in [0.4, 0.5) is 0 Å². The minimum absolute atomic E-state index is 0.101. The number of aliphatic hydroxyl groups is 1. The Balaban J connectivity index is 1.70. The van der Waals surface area contributed by atoms with Crippen LogP contribution in [0.25, 0.3) is 11.3 Å². The molecule has 1 aromatic carbocycles. The van der Waals surface area contributed by atoms with Gasteiger partial charge in [-0.2, -0.15) is 0 Å². The maximum absolute atomic E-state index is 11.3. The third kappa shape index (κ3) is 3.63. The Morgan fingerprint density at radius 2 is 1.96 bits per heavy atom. The molecule has 0 spiro atoms. The van der Waals surface area contributed by atoms with Crippen molar-refractivity contribution in [2.24, 2.45) is 0 Å². The average molecular weight is 315 g/mol. The summed E-state index contributed by atoms with van der Waals surface area (Å²) in [6.07, 6.45) is 3.72. The smallest absolute Gasteiger partial charge is 0.336 e. The van der Waals surface area contributed by atoms with E-state index in [9.17, 15) is 15.0 Å². The van der Waals surface area contributed by atoms with E-state index in [1.807, 2.05) is 6.07 Å². The van der Waals surface area contributed by atoms with E-state index in [4.69, 9.17) is 4.42 Å². The molecule has 0 unspecified atom stereocenters. The van der Waals surface area contributed by atoms with Crippen LogP contribution >= 0.6 is 0 Å². The lowest BCUT2D eigenvalue weighted by molar-refractivity contribution is 0.0697. The van der Waals surface area contributed by atoms with Gasteiger partial charge in [0.1, 0.15) is 11.5 Å². The van der Waals surface area contributed by atoms with Crippen molar-refractivity contribution in [2.75, 3.05) is 0 Å². The van der Waals surface area contributed by atoms with Crippen LogP contribution in [-0.4, -0.2) is 28.3 Å². The number of hydrogen-bond acceptors (Lipinski definition) is 4. The third-order valence-electron chi connectivity index (χ3n) is 4.35. The standard InChI is InChI=1S/C18H21NO4/c20-16-8-4-3-7-15(16)19-11-12-9-10-17(23-12)13-5-1-2-6-14(13)18(21)22/h1-2,5-6,9-10,15-16,19-20H,3-4,7-8,11H2,(H,21,22)/t15-,16-/m0/s1. The number of carboxylic acids is 1. The Kier molecular flexibility index (Phi) is 4.79. The molecule has 5 heteroatoms. The Labute approximate surface area is 134 Å². The topological polar surface area (TPSA) is 82.7 Å². The monoisotopic (exact) mass is 315 g/mol. The molecular formula is C18H21NO4.